The molecule has 6 heteroatoms. The van der Waals surface area contributed by atoms with Gasteiger partial charge < -0.3 is 19.9 Å². The number of aryl methyl sites for hydroxylation is 2. The molecule has 2 amide bonds. The standard InChI is InChI=1S/C24H27N3O3/c1-16-11-17(2)21-13-18(23(28)26-22(21)12-16)14-27(15-20-9-6-10-30-20)24(29)25-19-7-4-3-5-8-19/h3-5,7-8,11-13,20H,6,9-10,14-15H2,1-2H3,(H,25,29)(H,26,28). The molecule has 3 aromatic rings. The molecule has 2 N–H and O–H groups in total. The highest BCUT2D eigenvalue weighted by atomic mass is 16.5. The van der Waals surface area contributed by atoms with E-state index in [9.17, 15) is 9.59 Å². The minimum atomic E-state index is -0.239. The lowest BCUT2D eigenvalue weighted by molar-refractivity contribution is 0.0818. The number of hydrogen-bond donors (Lipinski definition) is 2. The summed E-state index contributed by atoms with van der Waals surface area (Å²) < 4.78 is 5.75. The Morgan fingerprint density at radius 3 is 2.73 bits per heavy atom. The van der Waals surface area contributed by atoms with Gasteiger partial charge in [0.2, 0.25) is 0 Å². The van der Waals surface area contributed by atoms with Gasteiger partial charge in [0.1, 0.15) is 0 Å². The van der Waals surface area contributed by atoms with Gasteiger partial charge in [0.15, 0.2) is 0 Å². The van der Waals surface area contributed by atoms with Crippen molar-refractivity contribution in [3.8, 4) is 0 Å². The minimum absolute atomic E-state index is 0.00422. The molecule has 1 aliphatic rings. The molecule has 1 unspecified atom stereocenters. The van der Waals surface area contributed by atoms with E-state index in [0.717, 1.165) is 40.6 Å². The lowest BCUT2D eigenvalue weighted by atomic mass is 10.0. The number of anilines is 1. The summed E-state index contributed by atoms with van der Waals surface area (Å²) in [5.74, 6) is 0. The number of ether oxygens (including phenoxy) is 1. The first-order chi connectivity index (χ1) is 14.5. The Morgan fingerprint density at radius 1 is 1.20 bits per heavy atom. The number of pyridine rings is 1. The van der Waals surface area contributed by atoms with Crippen LogP contribution < -0.4 is 10.9 Å². The zero-order chi connectivity index (χ0) is 21.1. The van der Waals surface area contributed by atoms with Crippen molar-refractivity contribution in [2.24, 2.45) is 0 Å². The molecule has 0 radical (unpaired) electrons. The number of urea groups is 1. The SMILES string of the molecule is Cc1cc(C)c2cc(CN(CC3CCCO3)C(=O)Nc3ccccc3)c(=O)[nH]c2c1. The number of carbonyl (C=O) groups excluding carboxylic acids is 1. The molecule has 2 aromatic carbocycles. The van der Waals surface area contributed by atoms with Gasteiger partial charge in [0.25, 0.3) is 5.56 Å². The van der Waals surface area contributed by atoms with Gasteiger partial charge in [-0.05, 0) is 62.1 Å². The Bertz CT molecular complexity index is 1100. The van der Waals surface area contributed by atoms with Gasteiger partial charge in [-0.2, -0.15) is 0 Å². The van der Waals surface area contributed by atoms with Crippen molar-refractivity contribution in [1.29, 1.82) is 0 Å². The Labute approximate surface area is 175 Å². The van der Waals surface area contributed by atoms with E-state index < -0.39 is 0 Å². The molecule has 30 heavy (non-hydrogen) atoms. The van der Waals surface area contributed by atoms with Gasteiger partial charge >= 0.3 is 6.03 Å². The summed E-state index contributed by atoms with van der Waals surface area (Å²) >= 11 is 0. The van der Waals surface area contributed by atoms with Gasteiger partial charge in [0.05, 0.1) is 12.6 Å². The molecule has 156 valence electrons. The van der Waals surface area contributed by atoms with Crippen LogP contribution in [0.25, 0.3) is 10.9 Å². The number of nitrogens with zero attached hydrogens (tertiary/aromatic N) is 1. The summed E-state index contributed by atoms with van der Waals surface area (Å²) in [7, 11) is 0. The maximum Gasteiger partial charge on any atom is 0.322 e. The van der Waals surface area contributed by atoms with Crippen LogP contribution in [0.4, 0.5) is 10.5 Å². The first-order valence-electron chi connectivity index (χ1n) is 10.4. The Kier molecular flexibility index (Phi) is 5.86. The van der Waals surface area contributed by atoms with Crippen LogP contribution in [0.1, 0.15) is 29.5 Å². The lowest BCUT2D eigenvalue weighted by Crippen LogP contribution is -2.40. The number of benzene rings is 2. The van der Waals surface area contributed by atoms with E-state index in [1.54, 1.807) is 4.90 Å². The van der Waals surface area contributed by atoms with E-state index in [0.29, 0.717) is 18.7 Å². The number of rotatable bonds is 5. The molecule has 6 nitrogen and oxygen atoms in total. The third-order valence-corrected chi connectivity index (χ3v) is 5.51. The van der Waals surface area contributed by atoms with Crippen molar-refractivity contribution >= 4 is 22.6 Å². The summed E-state index contributed by atoms with van der Waals surface area (Å²) in [4.78, 5) is 30.5. The fourth-order valence-corrected chi connectivity index (χ4v) is 4.02. The highest BCUT2D eigenvalue weighted by Gasteiger charge is 2.24. The number of aromatic amines is 1. The molecule has 1 aromatic heterocycles. The first kappa shape index (κ1) is 20.2. The molecule has 2 heterocycles. The van der Waals surface area contributed by atoms with Crippen LogP contribution in [0.5, 0.6) is 0 Å². The van der Waals surface area contributed by atoms with Crippen LogP contribution >= 0.6 is 0 Å². The molecule has 1 aliphatic heterocycles. The summed E-state index contributed by atoms with van der Waals surface area (Å²) in [5.41, 5.74) is 4.14. The van der Waals surface area contributed by atoms with Crippen molar-refractivity contribution < 1.29 is 9.53 Å². The Morgan fingerprint density at radius 2 is 2.00 bits per heavy atom. The number of hydrogen-bond acceptors (Lipinski definition) is 3. The number of H-pyrrole nitrogens is 1. The molecule has 1 fully saturated rings. The monoisotopic (exact) mass is 405 g/mol. The molecule has 1 saturated heterocycles. The second-order valence-corrected chi connectivity index (χ2v) is 7.98. The zero-order valence-electron chi connectivity index (χ0n) is 17.4. The summed E-state index contributed by atoms with van der Waals surface area (Å²) in [5, 5.41) is 3.93. The largest absolute Gasteiger partial charge is 0.376 e. The maximum atomic E-state index is 13.0. The zero-order valence-corrected chi connectivity index (χ0v) is 17.4. The highest BCUT2D eigenvalue weighted by Crippen LogP contribution is 2.20. The molecule has 1 atom stereocenters. The van der Waals surface area contributed by atoms with E-state index in [4.69, 9.17) is 4.74 Å². The number of nitrogens with one attached hydrogen (secondary N) is 2. The average molecular weight is 405 g/mol. The smallest absolute Gasteiger partial charge is 0.322 e. The highest BCUT2D eigenvalue weighted by molar-refractivity contribution is 5.89. The number of aromatic nitrogens is 1. The molecular weight excluding hydrogens is 378 g/mol. The molecular formula is C24H27N3O3. The normalized spacial score (nSPS) is 16.0. The van der Waals surface area contributed by atoms with Crippen LogP contribution in [-0.2, 0) is 11.3 Å². The summed E-state index contributed by atoms with van der Waals surface area (Å²) in [6, 6.07) is 15.1. The molecule has 0 spiro atoms. The lowest BCUT2D eigenvalue weighted by Gasteiger charge is -2.26. The molecule has 4 rings (SSSR count). The second kappa shape index (κ2) is 8.71. The van der Waals surface area contributed by atoms with Crippen molar-refractivity contribution in [1.82, 2.24) is 9.88 Å². The van der Waals surface area contributed by atoms with Gasteiger partial charge in [-0.25, -0.2) is 4.79 Å². The minimum Gasteiger partial charge on any atom is -0.376 e. The van der Waals surface area contributed by atoms with Crippen molar-refractivity contribution in [2.75, 3.05) is 18.5 Å². The number of para-hydroxylation sites is 1. The molecule has 0 aliphatic carbocycles. The Hall–Kier alpha value is -3.12. The predicted molar refractivity (Wildman–Crippen MR) is 119 cm³/mol. The van der Waals surface area contributed by atoms with Crippen LogP contribution in [0.3, 0.4) is 0 Å². The summed E-state index contributed by atoms with van der Waals surface area (Å²) in [6.07, 6.45) is 1.91. The van der Waals surface area contributed by atoms with Crippen LogP contribution in [0.15, 0.2) is 53.3 Å². The van der Waals surface area contributed by atoms with Crippen molar-refractivity contribution in [3.63, 3.8) is 0 Å². The van der Waals surface area contributed by atoms with Gasteiger partial charge in [-0.1, -0.05) is 24.3 Å². The summed E-state index contributed by atoms with van der Waals surface area (Å²) in [6.45, 7) is 5.42. The van der Waals surface area contributed by atoms with E-state index in [-0.39, 0.29) is 24.2 Å². The fraction of sp³-hybridized carbons (Fsp3) is 0.333. The average Bonchev–Trinajstić information content (AvgIpc) is 3.22. The number of amides is 2. The van der Waals surface area contributed by atoms with Crippen molar-refractivity contribution in [2.45, 2.75) is 39.3 Å². The van der Waals surface area contributed by atoms with Crippen LogP contribution in [0, 0.1) is 13.8 Å². The third-order valence-electron chi connectivity index (χ3n) is 5.51. The van der Waals surface area contributed by atoms with E-state index in [2.05, 4.69) is 16.4 Å². The van der Waals surface area contributed by atoms with E-state index in [1.165, 1.54) is 0 Å². The Balaban J connectivity index is 1.62. The number of carbonyl (C=O) groups is 1. The fourth-order valence-electron chi connectivity index (χ4n) is 4.02. The second-order valence-electron chi connectivity index (χ2n) is 7.98. The van der Waals surface area contributed by atoms with Gasteiger partial charge in [-0.3, -0.25) is 4.79 Å². The van der Waals surface area contributed by atoms with E-state index in [1.807, 2.05) is 56.3 Å². The molecule has 0 bridgehead atoms. The van der Waals surface area contributed by atoms with E-state index >= 15 is 0 Å². The quantitative estimate of drug-likeness (QED) is 0.662. The first-order valence-corrected chi connectivity index (χ1v) is 10.4. The topological polar surface area (TPSA) is 74.4 Å². The number of fused-ring (bicyclic) bond motifs is 1. The van der Waals surface area contributed by atoms with Crippen molar-refractivity contribution in [3.05, 3.63) is 75.6 Å². The maximum absolute atomic E-state index is 13.0. The van der Waals surface area contributed by atoms with Gasteiger partial charge in [0, 0.05) is 35.3 Å². The predicted octanol–water partition coefficient (Wildman–Crippen LogP) is 4.36. The van der Waals surface area contributed by atoms with Gasteiger partial charge in [-0.15, -0.1) is 0 Å². The van der Waals surface area contributed by atoms with Crippen LogP contribution in [-0.4, -0.2) is 35.2 Å². The molecule has 0 saturated carbocycles. The third kappa shape index (κ3) is 4.54. The van der Waals surface area contributed by atoms with Crippen LogP contribution in [0.2, 0.25) is 0 Å².